The number of amides is 3. The fraction of sp³-hybridized carbons (Fsp3) is 0.840. The number of aldehydes is 1. The summed E-state index contributed by atoms with van der Waals surface area (Å²) in [6, 6.07) is 0. The highest BCUT2D eigenvalue weighted by molar-refractivity contribution is 5.82. The van der Waals surface area contributed by atoms with Gasteiger partial charge in [0.2, 0.25) is 17.7 Å². The van der Waals surface area contributed by atoms with Crippen molar-refractivity contribution in [2.75, 3.05) is 27.2 Å². The second-order valence-electron chi connectivity index (χ2n) is 8.90. The smallest absolute Gasteiger partial charge is 0.234 e. The number of carbonyl (C=O) groups is 4. The molecular weight excluding hydrogens is 436 g/mol. The maximum absolute atomic E-state index is 12.3. The van der Waals surface area contributed by atoms with Gasteiger partial charge in [0.1, 0.15) is 6.29 Å². The predicted octanol–water partition coefficient (Wildman–Crippen LogP) is 3.22. The number of rotatable bonds is 15. The molecule has 34 heavy (non-hydrogen) atoms. The summed E-state index contributed by atoms with van der Waals surface area (Å²) in [6.45, 7) is 18.1. The molecule has 0 aromatic carbocycles. The summed E-state index contributed by atoms with van der Waals surface area (Å²) in [7, 11) is 3.27. The molecule has 0 spiro atoms. The molecule has 1 unspecified atom stereocenters. The van der Waals surface area contributed by atoms with E-state index in [1.165, 1.54) is 4.90 Å². The highest BCUT2D eigenvalue weighted by Crippen LogP contribution is 2.19. The monoisotopic (exact) mass is 488 g/mol. The van der Waals surface area contributed by atoms with Gasteiger partial charge in [-0.15, -0.1) is 0 Å². The van der Waals surface area contributed by atoms with Crippen LogP contribution in [0.4, 0.5) is 0 Å². The first kappa shape index (κ1) is 36.6. The van der Waals surface area contributed by atoms with Crippen LogP contribution in [0.25, 0.3) is 0 Å². The molecule has 0 heterocycles. The van der Waals surface area contributed by atoms with E-state index in [-0.39, 0.29) is 36.5 Å². The van der Waals surface area contributed by atoms with E-state index in [1.807, 2.05) is 55.4 Å². The number of hydrogen-bond donors (Lipinski definition) is 3. The van der Waals surface area contributed by atoms with Gasteiger partial charge < -0.3 is 19.7 Å². The molecule has 3 N–H and O–H groups in total. The van der Waals surface area contributed by atoms with Crippen molar-refractivity contribution >= 4 is 24.0 Å². The van der Waals surface area contributed by atoms with Crippen LogP contribution in [-0.4, -0.2) is 67.3 Å². The Kier molecular flexibility index (Phi) is 21.9. The van der Waals surface area contributed by atoms with Gasteiger partial charge >= 0.3 is 0 Å². The third kappa shape index (κ3) is 19.5. The molecule has 0 aromatic rings. The molecule has 0 rings (SSSR count). The number of nitrogens with one attached hydrogen (secondary N) is 3. The Balaban J connectivity index is -0.00000227. The third-order valence-electron chi connectivity index (χ3n) is 4.84. The quantitative estimate of drug-likeness (QED) is 0.241. The highest BCUT2D eigenvalue weighted by Gasteiger charge is 2.25. The summed E-state index contributed by atoms with van der Waals surface area (Å²) in [5.41, 5.74) is 4.21. The van der Waals surface area contributed by atoms with Crippen LogP contribution in [-0.2, 0) is 23.9 Å². The SMILES string of the molecule is CC.CC.CNNC(=O)CCC(C)(C)OCCC(C)(C)NC(=O)CCN(C)C(=O)C(C)CC=O. The van der Waals surface area contributed by atoms with Gasteiger partial charge in [0, 0.05) is 58.0 Å². The van der Waals surface area contributed by atoms with Crippen LogP contribution >= 0.6 is 0 Å². The summed E-state index contributed by atoms with van der Waals surface area (Å²) in [6.07, 6.45) is 2.63. The maximum atomic E-state index is 12.3. The summed E-state index contributed by atoms with van der Waals surface area (Å²) in [4.78, 5) is 47.9. The van der Waals surface area contributed by atoms with Crippen LogP contribution in [0.1, 0.15) is 94.4 Å². The predicted molar refractivity (Wildman–Crippen MR) is 138 cm³/mol. The van der Waals surface area contributed by atoms with E-state index in [4.69, 9.17) is 4.74 Å². The van der Waals surface area contributed by atoms with Crippen molar-refractivity contribution in [2.24, 2.45) is 5.92 Å². The van der Waals surface area contributed by atoms with Crippen LogP contribution in [0.3, 0.4) is 0 Å². The van der Waals surface area contributed by atoms with Gasteiger partial charge in [-0.1, -0.05) is 34.6 Å². The van der Waals surface area contributed by atoms with Crippen LogP contribution < -0.4 is 16.2 Å². The average molecular weight is 489 g/mol. The van der Waals surface area contributed by atoms with Crippen molar-refractivity contribution in [1.29, 1.82) is 0 Å². The van der Waals surface area contributed by atoms with Gasteiger partial charge in [0.15, 0.2) is 0 Å². The number of hydrogen-bond acceptors (Lipinski definition) is 6. The summed E-state index contributed by atoms with van der Waals surface area (Å²) >= 11 is 0. The standard InChI is InChI=1S/C21H40N4O5.2C2H6/c1-16(10-14-26)19(29)25(7)13-9-17(27)23-20(2,3)12-15-30-21(4,5)11-8-18(28)24-22-6;2*1-2/h14,16,22H,8-13,15H2,1-7H3,(H,23,27)(H,24,28);2*1-2H3. The Morgan fingerprint density at radius 1 is 0.971 bits per heavy atom. The summed E-state index contributed by atoms with van der Waals surface area (Å²) in [5, 5.41) is 2.97. The first-order chi connectivity index (χ1) is 15.8. The first-order valence-electron chi connectivity index (χ1n) is 12.4. The van der Waals surface area contributed by atoms with Crippen LogP contribution in [0.15, 0.2) is 0 Å². The van der Waals surface area contributed by atoms with Crippen molar-refractivity contribution in [2.45, 2.75) is 106 Å². The largest absolute Gasteiger partial charge is 0.375 e. The van der Waals surface area contributed by atoms with Crippen LogP contribution in [0, 0.1) is 5.92 Å². The van der Waals surface area contributed by atoms with Crippen molar-refractivity contribution in [3.63, 3.8) is 0 Å². The average Bonchev–Trinajstić information content (AvgIpc) is 2.78. The van der Waals surface area contributed by atoms with E-state index in [2.05, 4.69) is 16.2 Å². The zero-order chi connectivity index (χ0) is 27.4. The Bertz CT molecular complexity index is 580. The van der Waals surface area contributed by atoms with Gasteiger partial charge in [-0.2, -0.15) is 0 Å². The minimum absolute atomic E-state index is 0.0919. The molecule has 9 nitrogen and oxygen atoms in total. The van der Waals surface area contributed by atoms with Crippen molar-refractivity contribution in [3.8, 4) is 0 Å². The maximum Gasteiger partial charge on any atom is 0.234 e. The molecule has 0 radical (unpaired) electrons. The molecule has 9 heteroatoms. The van der Waals surface area contributed by atoms with E-state index in [0.29, 0.717) is 32.4 Å². The molecule has 0 aromatic heterocycles. The lowest BCUT2D eigenvalue weighted by Crippen LogP contribution is -2.46. The van der Waals surface area contributed by atoms with Gasteiger partial charge in [-0.05, 0) is 40.5 Å². The molecule has 3 amide bonds. The summed E-state index contributed by atoms with van der Waals surface area (Å²) in [5.74, 6) is -0.763. The number of nitrogens with zero attached hydrogens (tertiary/aromatic N) is 1. The number of ether oxygens (including phenoxy) is 1. The van der Waals surface area contributed by atoms with Gasteiger partial charge in [0.25, 0.3) is 0 Å². The zero-order valence-corrected chi connectivity index (χ0v) is 23.6. The topological polar surface area (TPSA) is 117 Å². The fourth-order valence-corrected chi connectivity index (χ4v) is 2.77. The minimum Gasteiger partial charge on any atom is -0.375 e. The Morgan fingerprint density at radius 2 is 1.53 bits per heavy atom. The van der Waals surface area contributed by atoms with Crippen LogP contribution in [0.2, 0.25) is 0 Å². The fourth-order valence-electron chi connectivity index (χ4n) is 2.77. The molecule has 1 atom stereocenters. The molecule has 0 saturated heterocycles. The lowest BCUT2D eigenvalue weighted by Gasteiger charge is -2.30. The molecule has 0 aliphatic rings. The molecule has 0 bridgehead atoms. The Morgan fingerprint density at radius 3 is 2.03 bits per heavy atom. The zero-order valence-electron chi connectivity index (χ0n) is 23.6. The van der Waals surface area contributed by atoms with Gasteiger partial charge in [-0.3, -0.25) is 19.8 Å². The molecule has 0 fully saturated rings. The van der Waals surface area contributed by atoms with Gasteiger partial charge in [0.05, 0.1) is 5.60 Å². The molecular formula is C25H52N4O5. The minimum atomic E-state index is -0.468. The second-order valence-corrected chi connectivity index (χ2v) is 8.90. The van der Waals surface area contributed by atoms with Crippen molar-refractivity contribution in [3.05, 3.63) is 0 Å². The van der Waals surface area contributed by atoms with E-state index in [0.717, 1.165) is 6.29 Å². The number of carbonyl (C=O) groups excluding carboxylic acids is 4. The normalized spacial score (nSPS) is 11.6. The van der Waals surface area contributed by atoms with Crippen LogP contribution in [0.5, 0.6) is 0 Å². The van der Waals surface area contributed by atoms with E-state index < -0.39 is 11.1 Å². The van der Waals surface area contributed by atoms with Gasteiger partial charge in [-0.25, -0.2) is 5.43 Å². The first-order valence-corrected chi connectivity index (χ1v) is 12.4. The lowest BCUT2D eigenvalue weighted by molar-refractivity contribution is -0.135. The molecule has 0 aliphatic carbocycles. The van der Waals surface area contributed by atoms with E-state index in [9.17, 15) is 19.2 Å². The second kappa shape index (κ2) is 20.4. The summed E-state index contributed by atoms with van der Waals surface area (Å²) < 4.78 is 5.92. The number of hydrazine groups is 1. The van der Waals surface area contributed by atoms with Crippen molar-refractivity contribution in [1.82, 2.24) is 21.1 Å². The van der Waals surface area contributed by atoms with E-state index >= 15 is 0 Å². The third-order valence-corrected chi connectivity index (χ3v) is 4.84. The molecule has 0 saturated carbocycles. The molecule has 202 valence electrons. The van der Waals surface area contributed by atoms with E-state index in [1.54, 1.807) is 21.0 Å². The highest BCUT2D eigenvalue weighted by atomic mass is 16.5. The Hall–Kier alpha value is -2.00. The Labute approximate surface area is 208 Å². The van der Waals surface area contributed by atoms with Crippen molar-refractivity contribution < 1.29 is 23.9 Å². The lowest BCUT2D eigenvalue weighted by atomic mass is 9.99. The molecule has 0 aliphatic heterocycles.